The van der Waals surface area contributed by atoms with Crippen molar-refractivity contribution in [2.24, 2.45) is 11.8 Å². The lowest BCUT2D eigenvalue weighted by Gasteiger charge is -2.27. The van der Waals surface area contributed by atoms with Crippen molar-refractivity contribution < 1.29 is 24.2 Å². The van der Waals surface area contributed by atoms with Gasteiger partial charge in [-0.15, -0.1) is 0 Å². The second kappa shape index (κ2) is 8.52. The van der Waals surface area contributed by atoms with E-state index in [1.165, 1.54) is 7.11 Å². The largest absolute Gasteiger partial charge is 0.481 e. The van der Waals surface area contributed by atoms with Gasteiger partial charge in [0, 0.05) is 13.7 Å². The van der Waals surface area contributed by atoms with Gasteiger partial charge in [-0.3, -0.25) is 14.4 Å². The molecule has 1 fully saturated rings. The summed E-state index contributed by atoms with van der Waals surface area (Å²) in [7, 11) is 1.53. The highest BCUT2D eigenvalue weighted by Gasteiger charge is 2.35. The van der Waals surface area contributed by atoms with Crippen LogP contribution >= 0.6 is 0 Å². The minimum absolute atomic E-state index is 0.134. The maximum absolute atomic E-state index is 12.0. The van der Waals surface area contributed by atoms with Gasteiger partial charge >= 0.3 is 5.97 Å². The molecule has 0 aliphatic heterocycles. The van der Waals surface area contributed by atoms with Gasteiger partial charge in [0.2, 0.25) is 11.8 Å². The molecule has 0 unspecified atom stereocenters. The van der Waals surface area contributed by atoms with Crippen molar-refractivity contribution in [3.8, 4) is 0 Å². The molecule has 114 valence electrons. The number of hydrogen-bond donors (Lipinski definition) is 3. The number of nitrogens with one attached hydrogen (secondary N) is 2. The van der Waals surface area contributed by atoms with Gasteiger partial charge < -0.3 is 20.5 Å². The zero-order valence-electron chi connectivity index (χ0n) is 11.7. The summed E-state index contributed by atoms with van der Waals surface area (Å²) in [6.07, 6.45) is 2.77. The normalized spacial score (nSPS) is 22.1. The van der Waals surface area contributed by atoms with Gasteiger partial charge in [-0.05, 0) is 12.8 Å². The van der Waals surface area contributed by atoms with Crippen LogP contribution in [0, 0.1) is 11.8 Å². The van der Waals surface area contributed by atoms with E-state index in [1.807, 2.05) is 0 Å². The van der Waals surface area contributed by atoms with Crippen LogP contribution in [0.15, 0.2) is 0 Å². The van der Waals surface area contributed by atoms with E-state index in [0.29, 0.717) is 26.0 Å². The summed E-state index contributed by atoms with van der Waals surface area (Å²) in [4.78, 5) is 34.5. The first-order valence-corrected chi connectivity index (χ1v) is 6.82. The molecule has 0 bridgehead atoms. The van der Waals surface area contributed by atoms with Crippen molar-refractivity contribution in [3.63, 3.8) is 0 Å². The first kappa shape index (κ1) is 16.4. The highest BCUT2D eigenvalue weighted by Crippen LogP contribution is 2.30. The molecule has 7 heteroatoms. The zero-order chi connectivity index (χ0) is 15.0. The molecule has 1 rings (SSSR count). The predicted octanol–water partition coefficient (Wildman–Crippen LogP) is -0.244. The first-order chi connectivity index (χ1) is 9.56. The number of rotatable bonds is 7. The lowest BCUT2D eigenvalue weighted by molar-refractivity contribution is -0.149. The lowest BCUT2D eigenvalue weighted by Crippen LogP contribution is -2.44. The topological polar surface area (TPSA) is 105 Å². The summed E-state index contributed by atoms with van der Waals surface area (Å²) in [6.45, 7) is 0.654. The van der Waals surface area contributed by atoms with E-state index in [-0.39, 0.29) is 18.4 Å². The van der Waals surface area contributed by atoms with E-state index >= 15 is 0 Å². The molecular formula is C13H22N2O5. The van der Waals surface area contributed by atoms with Gasteiger partial charge in [0.05, 0.1) is 25.0 Å². The summed E-state index contributed by atoms with van der Waals surface area (Å²) in [5, 5.41) is 14.2. The third-order valence-corrected chi connectivity index (χ3v) is 3.47. The van der Waals surface area contributed by atoms with Crippen molar-refractivity contribution in [2.45, 2.75) is 25.7 Å². The maximum Gasteiger partial charge on any atom is 0.307 e. The molecule has 1 aliphatic carbocycles. The highest BCUT2D eigenvalue weighted by atomic mass is 16.5. The van der Waals surface area contributed by atoms with Gasteiger partial charge in [-0.25, -0.2) is 0 Å². The zero-order valence-corrected chi connectivity index (χ0v) is 11.7. The average Bonchev–Trinajstić information content (AvgIpc) is 2.45. The molecule has 0 aromatic heterocycles. The molecule has 1 aliphatic rings. The Kier molecular flexibility index (Phi) is 7.00. The fourth-order valence-electron chi connectivity index (χ4n) is 2.39. The predicted molar refractivity (Wildman–Crippen MR) is 71.0 cm³/mol. The van der Waals surface area contributed by atoms with Crippen molar-refractivity contribution >= 4 is 17.8 Å². The van der Waals surface area contributed by atoms with Gasteiger partial charge in [-0.2, -0.15) is 0 Å². The monoisotopic (exact) mass is 286 g/mol. The molecule has 1 saturated carbocycles. The standard InChI is InChI=1S/C13H22N2O5/c1-20-7-6-14-11(16)8-15-12(17)9-4-2-3-5-10(9)13(18)19/h9-10H,2-8H2,1H3,(H,14,16)(H,15,17)(H,18,19)/t9-,10+/m1/s1. The number of carbonyl (C=O) groups excluding carboxylic acids is 2. The lowest BCUT2D eigenvalue weighted by atomic mass is 9.79. The molecule has 3 N–H and O–H groups in total. The quantitative estimate of drug-likeness (QED) is 0.560. The van der Waals surface area contributed by atoms with E-state index in [0.717, 1.165) is 12.8 Å². The smallest absolute Gasteiger partial charge is 0.307 e. The molecule has 0 aromatic carbocycles. The van der Waals surface area contributed by atoms with Crippen molar-refractivity contribution in [1.82, 2.24) is 10.6 Å². The van der Waals surface area contributed by atoms with Gasteiger partial charge in [0.15, 0.2) is 0 Å². The van der Waals surface area contributed by atoms with Gasteiger partial charge in [0.25, 0.3) is 0 Å². The highest BCUT2D eigenvalue weighted by molar-refractivity contribution is 5.88. The maximum atomic E-state index is 12.0. The molecule has 2 atom stereocenters. The van der Waals surface area contributed by atoms with Gasteiger partial charge in [0.1, 0.15) is 0 Å². The van der Waals surface area contributed by atoms with Gasteiger partial charge in [-0.1, -0.05) is 12.8 Å². The Morgan fingerprint density at radius 3 is 2.40 bits per heavy atom. The number of methoxy groups -OCH3 is 1. The van der Waals surface area contributed by atoms with Crippen molar-refractivity contribution in [3.05, 3.63) is 0 Å². The molecule has 0 heterocycles. The van der Waals surface area contributed by atoms with E-state index in [4.69, 9.17) is 9.84 Å². The average molecular weight is 286 g/mol. The van der Waals surface area contributed by atoms with Crippen LogP contribution in [0.1, 0.15) is 25.7 Å². The van der Waals surface area contributed by atoms with Crippen LogP contribution in [0.4, 0.5) is 0 Å². The number of ether oxygens (including phenoxy) is 1. The second-order valence-corrected chi connectivity index (χ2v) is 4.90. The SMILES string of the molecule is COCCNC(=O)CNC(=O)[C@@H]1CCCC[C@@H]1C(=O)O. The van der Waals surface area contributed by atoms with Crippen LogP contribution in [-0.2, 0) is 19.1 Å². The Labute approximate surface area is 118 Å². The number of amides is 2. The molecule has 20 heavy (non-hydrogen) atoms. The number of carboxylic acids is 1. The third-order valence-electron chi connectivity index (χ3n) is 3.47. The van der Waals surface area contributed by atoms with E-state index in [9.17, 15) is 14.4 Å². The van der Waals surface area contributed by atoms with Crippen molar-refractivity contribution in [1.29, 1.82) is 0 Å². The number of carbonyl (C=O) groups is 3. The van der Waals surface area contributed by atoms with Crippen LogP contribution in [-0.4, -0.2) is 49.7 Å². The summed E-state index contributed by atoms with van der Waals surface area (Å²) in [5.74, 6) is -2.76. The summed E-state index contributed by atoms with van der Waals surface area (Å²) < 4.78 is 4.79. The Morgan fingerprint density at radius 1 is 1.15 bits per heavy atom. The third kappa shape index (κ3) is 5.16. The molecule has 0 aromatic rings. The van der Waals surface area contributed by atoms with E-state index < -0.39 is 17.8 Å². The molecule has 2 amide bonds. The Morgan fingerprint density at radius 2 is 1.80 bits per heavy atom. The van der Waals surface area contributed by atoms with Crippen LogP contribution in [0.2, 0.25) is 0 Å². The fourth-order valence-corrected chi connectivity index (χ4v) is 2.39. The summed E-state index contributed by atoms with van der Waals surface area (Å²) in [6, 6.07) is 0. The Bertz CT molecular complexity index is 359. The molecule has 0 spiro atoms. The Balaban J connectivity index is 2.37. The second-order valence-electron chi connectivity index (χ2n) is 4.90. The van der Waals surface area contributed by atoms with Crippen LogP contribution in [0.25, 0.3) is 0 Å². The minimum Gasteiger partial charge on any atom is -0.481 e. The Hall–Kier alpha value is -1.63. The van der Waals surface area contributed by atoms with E-state index in [1.54, 1.807) is 0 Å². The summed E-state index contributed by atoms with van der Waals surface area (Å²) >= 11 is 0. The number of carboxylic acid groups (broad SMARTS) is 1. The van der Waals surface area contributed by atoms with E-state index in [2.05, 4.69) is 10.6 Å². The summed E-state index contributed by atoms with van der Waals surface area (Å²) in [5.41, 5.74) is 0. The molecule has 0 radical (unpaired) electrons. The molecule has 7 nitrogen and oxygen atoms in total. The number of hydrogen-bond acceptors (Lipinski definition) is 4. The minimum atomic E-state index is -0.936. The fraction of sp³-hybridized carbons (Fsp3) is 0.769. The molecule has 0 saturated heterocycles. The first-order valence-electron chi connectivity index (χ1n) is 6.82. The van der Waals surface area contributed by atoms with Crippen LogP contribution < -0.4 is 10.6 Å². The van der Waals surface area contributed by atoms with Crippen LogP contribution in [0.5, 0.6) is 0 Å². The molecular weight excluding hydrogens is 264 g/mol. The van der Waals surface area contributed by atoms with Crippen LogP contribution in [0.3, 0.4) is 0 Å². The van der Waals surface area contributed by atoms with Crippen molar-refractivity contribution in [2.75, 3.05) is 26.8 Å². The number of aliphatic carboxylic acids is 1.